The Morgan fingerprint density at radius 1 is 1.37 bits per heavy atom. The third kappa shape index (κ3) is 2.96. The molecule has 1 amide bonds. The van der Waals surface area contributed by atoms with Crippen molar-refractivity contribution in [3.63, 3.8) is 0 Å². The summed E-state index contributed by atoms with van der Waals surface area (Å²) in [4.78, 5) is 12.2. The molecule has 2 rings (SSSR count). The molecule has 0 fully saturated rings. The molecule has 0 radical (unpaired) electrons. The van der Waals surface area contributed by atoms with E-state index in [1.54, 1.807) is 24.3 Å². The molecule has 2 N–H and O–H groups in total. The second kappa shape index (κ2) is 5.61. The summed E-state index contributed by atoms with van der Waals surface area (Å²) in [5.41, 5.74) is 2.20. The van der Waals surface area contributed by atoms with Gasteiger partial charge in [-0.2, -0.15) is 0 Å². The van der Waals surface area contributed by atoms with Crippen molar-refractivity contribution in [3.8, 4) is 5.75 Å². The van der Waals surface area contributed by atoms with Gasteiger partial charge in [-0.05, 0) is 49.2 Å². The van der Waals surface area contributed by atoms with Crippen molar-refractivity contribution >= 4 is 11.6 Å². The number of phenols is 1. The lowest BCUT2D eigenvalue weighted by atomic mass is 10.2. The van der Waals surface area contributed by atoms with Crippen LogP contribution in [0.15, 0.2) is 36.5 Å². The van der Waals surface area contributed by atoms with E-state index in [9.17, 15) is 9.90 Å². The van der Waals surface area contributed by atoms with Crippen LogP contribution in [0.4, 0.5) is 5.69 Å². The van der Waals surface area contributed by atoms with Crippen LogP contribution >= 0.6 is 0 Å². The van der Waals surface area contributed by atoms with E-state index in [1.165, 1.54) is 0 Å². The predicted octanol–water partition coefficient (Wildman–Crippen LogP) is 3.16. The first kappa shape index (κ1) is 13.2. The number of carbonyl (C=O) groups is 1. The topological polar surface area (TPSA) is 54.3 Å². The molecule has 0 spiro atoms. The molecule has 0 aliphatic heterocycles. The highest BCUT2D eigenvalue weighted by atomic mass is 16.3. The van der Waals surface area contributed by atoms with E-state index in [0.717, 1.165) is 18.5 Å². The minimum absolute atomic E-state index is 0.132. The first-order valence-electron chi connectivity index (χ1n) is 6.38. The zero-order valence-electron chi connectivity index (χ0n) is 11.2. The maximum atomic E-state index is 12.2. The Morgan fingerprint density at radius 3 is 2.84 bits per heavy atom. The molecule has 1 aromatic heterocycles. The number of nitrogens with one attached hydrogen (secondary N) is 1. The van der Waals surface area contributed by atoms with E-state index >= 15 is 0 Å². The Bertz CT molecular complexity index is 588. The Hall–Kier alpha value is -2.23. The standard InChI is InChI=1S/C15H18N2O2/c1-3-8-17-9-4-5-14(17)15(19)16-13-7-6-12(18)10-11(13)2/h4-7,9-10,18H,3,8H2,1-2H3,(H,16,19). The molecule has 4 nitrogen and oxygen atoms in total. The van der Waals surface area contributed by atoms with Crippen molar-refractivity contribution in [2.24, 2.45) is 0 Å². The second-order valence-corrected chi connectivity index (χ2v) is 4.54. The van der Waals surface area contributed by atoms with Crippen molar-refractivity contribution in [3.05, 3.63) is 47.8 Å². The first-order valence-corrected chi connectivity index (χ1v) is 6.38. The monoisotopic (exact) mass is 258 g/mol. The smallest absolute Gasteiger partial charge is 0.272 e. The van der Waals surface area contributed by atoms with Crippen LogP contribution < -0.4 is 5.32 Å². The molecule has 100 valence electrons. The molecule has 0 aliphatic carbocycles. The van der Waals surface area contributed by atoms with Gasteiger partial charge in [0.05, 0.1) is 0 Å². The number of phenolic OH excluding ortho intramolecular Hbond substituents is 1. The zero-order valence-corrected chi connectivity index (χ0v) is 11.2. The number of amides is 1. The number of anilines is 1. The van der Waals surface area contributed by atoms with Crippen LogP contribution in [0.2, 0.25) is 0 Å². The third-order valence-corrected chi connectivity index (χ3v) is 2.98. The lowest BCUT2D eigenvalue weighted by Gasteiger charge is -2.11. The van der Waals surface area contributed by atoms with Gasteiger partial charge >= 0.3 is 0 Å². The van der Waals surface area contributed by atoms with Gasteiger partial charge in [-0.25, -0.2) is 0 Å². The molecule has 0 aliphatic rings. The van der Waals surface area contributed by atoms with Crippen LogP contribution in [0, 0.1) is 6.92 Å². The maximum absolute atomic E-state index is 12.2. The quantitative estimate of drug-likeness (QED) is 0.828. The second-order valence-electron chi connectivity index (χ2n) is 4.54. The SMILES string of the molecule is CCCn1cccc1C(=O)Nc1ccc(O)cc1C. The molecule has 0 unspecified atom stereocenters. The summed E-state index contributed by atoms with van der Waals surface area (Å²) in [7, 11) is 0. The van der Waals surface area contributed by atoms with Gasteiger partial charge in [-0.15, -0.1) is 0 Å². The van der Waals surface area contributed by atoms with Gasteiger partial charge in [0.1, 0.15) is 11.4 Å². The van der Waals surface area contributed by atoms with Crippen molar-refractivity contribution in [2.75, 3.05) is 5.32 Å². The normalized spacial score (nSPS) is 10.4. The number of aryl methyl sites for hydroxylation is 2. The number of rotatable bonds is 4. The number of hydrogen-bond donors (Lipinski definition) is 2. The number of carbonyl (C=O) groups excluding carboxylic acids is 1. The number of benzene rings is 1. The molecule has 2 aromatic rings. The van der Waals surface area contributed by atoms with Crippen LogP contribution in [0.5, 0.6) is 5.75 Å². The van der Waals surface area contributed by atoms with Crippen molar-refractivity contribution in [1.82, 2.24) is 4.57 Å². The van der Waals surface area contributed by atoms with Crippen LogP contribution in [-0.4, -0.2) is 15.6 Å². The van der Waals surface area contributed by atoms with E-state index < -0.39 is 0 Å². The maximum Gasteiger partial charge on any atom is 0.272 e. The van der Waals surface area contributed by atoms with Crippen LogP contribution in [-0.2, 0) is 6.54 Å². The summed E-state index contributed by atoms with van der Waals surface area (Å²) in [6, 6.07) is 8.57. The van der Waals surface area contributed by atoms with Crippen LogP contribution in [0.3, 0.4) is 0 Å². The minimum atomic E-state index is -0.132. The number of hydrogen-bond acceptors (Lipinski definition) is 2. The minimum Gasteiger partial charge on any atom is -0.508 e. The summed E-state index contributed by atoms with van der Waals surface area (Å²) in [6.45, 7) is 4.75. The van der Waals surface area contributed by atoms with E-state index in [1.807, 2.05) is 23.8 Å². The van der Waals surface area contributed by atoms with E-state index in [4.69, 9.17) is 0 Å². The fourth-order valence-electron chi connectivity index (χ4n) is 2.03. The fraction of sp³-hybridized carbons (Fsp3) is 0.267. The molecule has 1 heterocycles. The summed E-state index contributed by atoms with van der Waals surface area (Å²) in [5.74, 6) is 0.0668. The van der Waals surface area contributed by atoms with Gasteiger partial charge in [-0.3, -0.25) is 4.79 Å². The molecule has 19 heavy (non-hydrogen) atoms. The Morgan fingerprint density at radius 2 is 2.16 bits per heavy atom. The number of aromatic hydroxyl groups is 1. The lowest BCUT2D eigenvalue weighted by molar-refractivity contribution is 0.101. The molecule has 0 atom stereocenters. The third-order valence-electron chi connectivity index (χ3n) is 2.98. The lowest BCUT2D eigenvalue weighted by Crippen LogP contribution is -2.17. The highest BCUT2D eigenvalue weighted by Crippen LogP contribution is 2.20. The van der Waals surface area contributed by atoms with Gasteiger partial charge < -0.3 is 15.0 Å². The van der Waals surface area contributed by atoms with Gasteiger partial charge in [0, 0.05) is 18.4 Å². The molecule has 0 saturated heterocycles. The van der Waals surface area contributed by atoms with Crippen molar-refractivity contribution in [1.29, 1.82) is 0 Å². The van der Waals surface area contributed by atoms with E-state index in [2.05, 4.69) is 12.2 Å². The molecular weight excluding hydrogens is 240 g/mol. The molecule has 4 heteroatoms. The number of nitrogens with zero attached hydrogens (tertiary/aromatic N) is 1. The van der Waals surface area contributed by atoms with E-state index in [-0.39, 0.29) is 11.7 Å². The fourth-order valence-corrected chi connectivity index (χ4v) is 2.03. The average molecular weight is 258 g/mol. The summed E-state index contributed by atoms with van der Waals surface area (Å²) < 4.78 is 1.94. The first-order chi connectivity index (χ1) is 9.11. The van der Waals surface area contributed by atoms with Gasteiger partial charge in [0.15, 0.2) is 0 Å². The highest BCUT2D eigenvalue weighted by molar-refractivity contribution is 6.03. The van der Waals surface area contributed by atoms with Crippen molar-refractivity contribution in [2.45, 2.75) is 26.8 Å². The summed E-state index contributed by atoms with van der Waals surface area (Å²) in [5, 5.41) is 12.2. The predicted molar refractivity (Wildman–Crippen MR) is 75.5 cm³/mol. The average Bonchev–Trinajstić information content (AvgIpc) is 2.81. The van der Waals surface area contributed by atoms with Crippen LogP contribution in [0.25, 0.3) is 0 Å². The Balaban J connectivity index is 2.18. The molecule has 1 aromatic carbocycles. The summed E-state index contributed by atoms with van der Waals surface area (Å²) in [6.07, 6.45) is 2.88. The van der Waals surface area contributed by atoms with Gasteiger partial charge in [-0.1, -0.05) is 6.92 Å². The van der Waals surface area contributed by atoms with Gasteiger partial charge in [0.2, 0.25) is 0 Å². The molecule has 0 saturated carbocycles. The molecular formula is C15H18N2O2. The Labute approximate surface area is 112 Å². The zero-order chi connectivity index (χ0) is 13.8. The largest absolute Gasteiger partial charge is 0.508 e. The van der Waals surface area contributed by atoms with Crippen molar-refractivity contribution < 1.29 is 9.90 Å². The Kier molecular flexibility index (Phi) is 3.90. The highest BCUT2D eigenvalue weighted by Gasteiger charge is 2.11. The number of aromatic nitrogens is 1. The summed E-state index contributed by atoms with van der Waals surface area (Å²) >= 11 is 0. The van der Waals surface area contributed by atoms with Gasteiger partial charge in [0.25, 0.3) is 5.91 Å². The molecule has 0 bridgehead atoms. The van der Waals surface area contributed by atoms with E-state index in [0.29, 0.717) is 11.4 Å². The van der Waals surface area contributed by atoms with Crippen LogP contribution in [0.1, 0.15) is 29.4 Å².